The van der Waals surface area contributed by atoms with Gasteiger partial charge in [-0.2, -0.15) is 0 Å². The Morgan fingerprint density at radius 3 is 2.24 bits per heavy atom. The van der Waals surface area contributed by atoms with E-state index in [0.29, 0.717) is 6.42 Å². The lowest BCUT2D eigenvalue weighted by Crippen LogP contribution is -2.54. The van der Waals surface area contributed by atoms with Crippen molar-refractivity contribution < 1.29 is 15.0 Å². The zero-order valence-electron chi connectivity index (χ0n) is 14.2. The second-order valence-electron chi connectivity index (χ2n) is 6.97. The molecule has 3 rings (SSSR count). The van der Waals surface area contributed by atoms with Crippen LogP contribution < -0.4 is 11.1 Å². The van der Waals surface area contributed by atoms with Gasteiger partial charge in [-0.25, -0.2) is 0 Å². The van der Waals surface area contributed by atoms with Crippen LogP contribution >= 0.6 is 0 Å². The molecule has 0 spiro atoms. The number of hydrogen-bond donors (Lipinski definition) is 4. The van der Waals surface area contributed by atoms with Gasteiger partial charge in [-0.1, -0.05) is 54.6 Å². The lowest BCUT2D eigenvalue weighted by Gasteiger charge is -2.35. The SMILES string of the molecule is CC(Cc1ccc(-c2ccccc2)cc1)(C(N)=O)C1NCC(O)C1O. The second-order valence-corrected chi connectivity index (χ2v) is 6.97. The minimum atomic E-state index is -1.01. The molecular weight excluding hydrogens is 316 g/mol. The van der Waals surface area contributed by atoms with Gasteiger partial charge < -0.3 is 21.3 Å². The fourth-order valence-electron chi connectivity index (χ4n) is 3.53. The van der Waals surface area contributed by atoms with E-state index in [0.717, 1.165) is 16.7 Å². The molecule has 5 N–H and O–H groups in total. The lowest BCUT2D eigenvalue weighted by atomic mass is 9.74. The topological polar surface area (TPSA) is 95.6 Å². The number of carbonyl (C=O) groups is 1. The highest BCUT2D eigenvalue weighted by molar-refractivity contribution is 5.82. The molecule has 1 fully saturated rings. The molecule has 132 valence electrons. The van der Waals surface area contributed by atoms with E-state index in [1.54, 1.807) is 6.92 Å². The van der Waals surface area contributed by atoms with Gasteiger partial charge in [-0.05, 0) is 30.0 Å². The van der Waals surface area contributed by atoms with E-state index in [1.165, 1.54) is 0 Å². The summed E-state index contributed by atoms with van der Waals surface area (Å²) in [5, 5.41) is 23.0. The lowest BCUT2D eigenvalue weighted by molar-refractivity contribution is -0.130. The zero-order valence-corrected chi connectivity index (χ0v) is 14.2. The Hall–Kier alpha value is -2.21. The van der Waals surface area contributed by atoms with Gasteiger partial charge in [0.2, 0.25) is 5.91 Å². The van der Waals surface area contributed by atoms with E-state index < -0.39 is 29.6 Å². The summed E-state index contributed by atoms with van der Waals surface area (Å²) in [4.78, 5) is 12.1. The predicted molar refractivity (Wildman–Crippen MR) is 96.7 cm³/mol. The standard InChI is InChI=1S/C20H24N2O3/c1-20(19(21)25,18-17(24)16(23)12-22-18)11-13-7-9-15(10-8-13)14-5-3-2-4-6-14/h2-10,16-18,22-24H,11-12H2,1H3,(H2,21,25). The average molecular weight is 340 g/mol. The van der Waals surface area contributed by atoms with Crippen LogP contribution in [0.1, 0.15) is 12.5 Å². The highest BCUT2D eigenvalue weighted by Crippen LogP contribution is 2.32. The smallest absolute Gasteiger partial charge is 0.225 e. The van der Waals surface area contributed by atoms with Crippen molar-refractivity contribution in [2.75, 3.05) is 6.54 Å². The Labute approximate surface area is 147 Å². The van der Waals surface area contributed by atoms with Gasteiger partial charge in [0.05, 0.1) is 23.7 Å². The average Bonchev–Trinajstić information content (AvgIpc) is 2.96. The summed E-state index contributed by atoms with van der Waals surface area (Å²) in [7, 11) is 0. The Balaban J connectivity index is 1.82. The van der Waals surface area contributed by atoms with Crippen LogP contribution in [0.15, 0.2) is 54.6 Å². The molecule has 1 aliphatic heterocycles. The summed E-state index contributed by atoms with van der Waals surface area (Å²) >= 11 is 0. The van der Waals surface area contributed by atoms with Crippen LogP contribution in [-0.4, -0.2) is 40.9 Å². The first-order valence-corrected chi connectivity index (χ1v) is 8.45. The van der Waals surface area contributed by atoms with Crippen molar-refractivity contribution in [3.05, 3.63) is 60.2 Å². The number of aliphatic hydroxyl groups excluding tert-OH is 2. The molecule has 2 aromatic carbocycles. The monoisotopic (exact) mass is 340 g/mol. The normalized spacial score (nSPS) is 25.5. The summed E-state index contributed by atoms with van der Waals surface area (Å²) in [5.41, 5.74) is 7.84. The van der Waals surface area contributed by atoms with E-state index in [1.807, 2.05) is 54.6 Å². The minimum absolute atomic E-state index is 0.252. The fraction of sp³-hybridized carbons (Fsp3) is 0.350. The van der Waals surface area contributed by atoms with Crippen LogP contribution in [0.3, 0.4) is 0 Å². The van der Waals surface area contributed by atoms with Crippen LogP contribution in [0.4, 0.5) is 0 Å². The van der Waals surface area contributed by atoms with Crippen molar-refractivity contribution in [2.45, 2.75) is 31.6 Å². The maximum absolute atomic E-state index is 12.1. The molecule has 4 atom stereocenters. The van der Waals surface area contributed by atoms with Crippen LogP contribution in [0.5, 0.6) is 0 Å². The first-order valence-electron chi connectivity index (χ1n) is 8.45. The van der Waals surface area contributed by atoms with Gasteiger partial charge in [0, 0.05) is 6.54 Å². The van der Waals surface area contributed by atoms with E-state index in [9.17, 15) is 15.0 Å². The third-order valence-corrected chi connectivity index (χ3v) is 5.16. The summed E-state index contributed by atoms with van der Waals surface area (Å²) in [6, 6.07) is 17.4. The highest BCUT2D eigenvalue weighted by atomic mass is 16.3. The predicted octanol–water partition coefficient (Wildman–Crippen LogP) is 1.08. The molecule has 1 aliphatic rings. The molecule has 2 aromatic rings. The number of aliphatic hydroxyl groups is 2. The molecule has 4 unspecified atom stereocenters. The maximum Gasteiger partial charge on any atom is 0.225 e. The molecule has 1 heterocycles. The number of rotatable bonds is 5. The molecule has 0 saturated carbocycles. The van der Waals surface area contributed by atoms with Crippen molar-refractivity contribution in [1.29, 1.82) is 0 Å². The quantitative estimate of drug-likeness (QED) is 0.655. The molecule has 1 saturated heterocycles. The van der Waals surface area contributed by atoms with E-state index in [4.69, 9.17) is 5.73 Å². The molecule has 0 bridgehead atoms. The van der Waals surface area contributed by atoms with Crippen molar-refractivity contribution in [2.24, 2.45) is 11.1 Å². The van der Waals surface area contributed by atoms with Crippen molar-refractivity contribution >= 4 is 5.91 Å². The minimum Gasteiger partial charge on any atom is -0.389 e. The van der Waals surface area contributed by atoms with Gasteiger partial charge in [0.1, 0.15) is 0 Å². The molecule has 5 heteroatoms. The van der Waals surface area contributed by atoms with E-state index in [-0.39, 0.29) is 6.54 Å². The van der Waals surface area contributed by atoms with Crippen molar-refractivity contribution in [3.63, 3.8) is 0 Å². The van der Waals surface area contributed by atoms with Gasteiger partial charge in [-0.15, -0.1) is 0 Å². The zero-order chi connectivity index (χ0) is 18.0. The number of nitrogens with one attached hydrogen (secondary N) is 1. The second kappa shape index (κ2) is 6.96. The Kier molecular flexibility index (Phi) is 4.90. The molecule has 0 aromatic heterocycles. The number of nitrogens with two attached hydrogens (primary N) is 1. The van der Waals surface area contributed by atoms with Crippen molar-refractivity contribution in [1.82, 2.24) is 5.32 Å². The third-order valence-electron chi connectivity index (χ3n) is 5.16. The first-order chi connectivity index (χ1) is 11.9. The number of amides is 1. The highest BCUT2D eigenvalue weighted by Gasteiger charge is 2.48. The molecule has 0 radical (unpaired) electrons. The Morgan fingerprint density at radius 2 is 1.72 bits per heavy atom. The summed E-state index contributed by atoms with van der Waals surface area (Å²) < 4.78 is 0. The van der Waals surface area contributed by atoms with Crippen LogP contribution in [0, 0.1) is 5.41 Å². The van der Waals surface area contributed by atoms with Gasteiger partial charge >= 0.3 is 0 Å². The van der Waals surface area contributed by atoms with Gasteiger partial charge in [0.25, 0.3) is 0 Å². The fourth-order valence-corrected chi connectivity index (χ4v) is 3.53. The first kappa shape index (κ1) is 17.6. The molecule has 1 amide bonds. The van der Waals surface area contributed by atoms with Gasteiger partial charge in [0.15, 0.2) is 0 Å². The number of β-amino-alcohol motifs (C(OH)–C–C–N with tert-alkyl or cyclic N) is 1. The van der Waals surface area contributed by atoms with Gasteiger partial charge in [-0.3, -0.25) is 4.79 Å². The molecular formula is C20H24N2O3. The Morgan fingerprint density at radius 1 is 1.12 bits per heavy atom. The van der Waals surface area contributed by atoms with Crippen LogP contribution in [-0.2, 0) is 11.2 Å². The third kappa shape index (κ3) is 3.44. The number of benzene rings is 2. The van der Waals surface area contributed by atoms with Crippen molar-refractivity contribution in [3.8, 4) is 11.1 Å². The van der Waals surface area contributed by atoms with E-state index in [2.05, 4.69) is 5.32 Å². The molecule has 25 heavy (non-hydrogen) atoms. The van der Waals surface area contributed by atoms with E-state index >= 15 is 0 Å². The number of hydrogen-bond acceptors (Lipinski definition) is 4. The number of carbonyl (C=O) groups excluding carboxylic acids is 1. The Bertz CT molecular complexity index is 732. The van der Waals surface area contributed by atoms with Crippen LogP contribution in [0.25, 0.3) is 11.1 Å². The summed E-state index contributed by atoms with van der Waals surface area (Å²) in [6.45, 7) is 1.99. The summed E-state index contributed by atoms with van der Waals surface area (Å²) in [6.07, 6.45) is -1.51. The number of primary amides is 1. The molecule has 0 aliphatic carbocycles. The molecule has 5 nitrogen and oxygen atoms in total. The van der Waals surface area contributed by atoms with Crippen LogP contribution in [0.2, 0.25) is 0 Å². The summed E-state index contributed by atoms with van der Waals surface area (Å²) in [5.74, 6) is -0.495. The maximum atomic E-state index is 12.1. The largest absolute Gasteiger partial charge is 0.389 e.